The van der Waals surface area contributed by atoms with Gasteiger partial charge in [0.2, 0.25) is 0 Å². The lowest BCUT2D eigenvalue weighted by Crippen LogP contribution is -1.90. The van der Waals surface area contributed by atoms with Crippen LogP contribution in [0.15, 0.2) is 54.2 Å². The average Bonchev–Trinajstić information content (AvgIpc) is 2.83. The summed E-state index contributed by atoms with van der Waals surface area (Å²) >= 11 is 0. The molecular formula is C14H10F2O2. The predicted octanol–water partition coefficient (Wildman–Crippen LogP) is 3.62. The van der Waals surface area contributed by atoms with Crippen LogP contribution in [0.3, 0.4) is 0 Å². The van der Waals surface area contributed by atoms with Crippen LogP contribution in [0.25, 0.3) is 5.76 Å². The largest absolute Gasteiger partial charge is 0.507 e. The van der Waals surface area contributed by atoms with Gasteiger partial charge in [0.1, 0.15) is 11.6 Å². The molecule has 0 saturated heterocycles. The first kappa shape index (κ1) is 12.1. The Morgan fingerprint density at radius 2 is 1.78 bits per heavy atom. The van der Waals surface area contributed by atoms with Crippen molar-refractivity contribution in [2.45, 2.75) is 0 Å². The monoisotopic (exact) mass is 248 g/mol. The minimum atomic E-state index is -1.11. The van der Waals surface area contributed by atoms with Gasteiger partial charge < -0.3 is 10.2 Å². The van der Waals surface area contributed by atoms with Crippen LogP contribution < -0.4 is 0 Å². The standard InChI is InChI=1S/C14H10F2O2/c15-10-7-11(14(18)12(16)8-10)13(17)6-5-9-3-1-2-4-9/h1-8,17-18H. The van der Waals surface area contributed by atoms with Crippen molar-refractivity contribution in [2.75, 3.05) is 0 Å². The number of benzene rings is 1. The van der Waals surface area contributed by atoms with Crippen LogP contribution in [0.2, 0.25) is 0 Å². The highest BCUT2D eigenvalue weighted by atomic mass is 19.1. The van der Waals surface area contributed by atoms with Gasteiger partial charge in [0.15, 0.2) is 11.6 Å². The summed E-state index contributed by atoms with van der Waals surface area (Å²) in [5, 5.41) is 19.1. The van der Waals surface area contributed by atoms with Gasteiger partial charge in [-0.2, -0.15) is 0 Å². The Bertz CT molecular complexity index is 582. The number of aromatic hydroxyl groups is 1. The maximum absolute atomic E-state index is 13.1. The fourth-order valence-corrected chi connectivity index (χ4v) is 1.53. The lowest BCUT2D eigenvalue weighted by atomic mass is 10.1. The van der Waals surface area contributed by atoms with E-state index in [1.807, 2.05) is 12.2 Å². The van der Waals surface area contributed by atoms with Gasteiger partial charge in [0.05, 0.1) is 5.56 Å². The molecule has 1 aromatic carbocycles. The molecule has 2 N–H and O–H groups in total. The number of rotatable bonds is 2. The Balaban J connectivity index is 2.36. The number of phenolic OH excluding ortho intramolecular Hbond substituents is 1. The minimum Gasteiger partial charge on any atom is -0.507 e. The Hall–Kier alpha value is -2.36. The number of hydrogen-bond donors (Lipinski definition) is 2. The highest BCUT2D eigenvalue weighted by Crippen LogP contribution is 2.27. The van der Waals surface area contributed by atoms with Crippen LogP contribution in [-0.2, 0) is 0 Å². The third kappa shape index (κ3) is 2.48. The molecule has 0 amide bonds. The number of hydrogen-bond acceptors (Lipinski definition) is 2. The zero-order chi connectivity index (χ0) is 13.1. The Morgan fingerprint density at radius 1 is 1.11 bits per heavy atom. The van der Waals surface area contributed by atoms with E-state index in [1.165, 1.54) is 6.08 Å². The van der Waals surface area contributed by atoms with Gasteiger partial charge in [0, 0.05) is 6.07 Å². The van der Waals surface area contributed by atoms with Gasteiger partial charge in [0.25, 0.3) is 0 Å². The molecule has 92 valence electrons. The van der Waals surface area contributed by atoms with Gasteiger partial charge in [-0.3, -0.25) is 0 Å². The molecule has 0 atom stereocenters. The molecule has 18 heavy (non-hydrogen) atoms. The maximum Gasteiger partial charge on any atom is 0.168 e. The maximum atomic E-state index is 13.1. The van der Waals surface area contributed by atoms with E-state index < -0.39 is 23.1 Å². The van der Waals surface area contributed by atoms with Crippen molar-refractivity contribution in [1.82, 2.24) is 0 Å². The van der Waals surface area contributed by atoms with Crippen molar-refractivity contribution in [1.29, 1.82) is 0 Å². The van der Waals surface area contributed by atoms with E-state index in [2.05, 4.69) is 0 Å². The topological polar surface area (TPSA) is 40.5 Å². The number of aliphatic hydroxyl groups excluding tert-OH is 1. The van der Waals surface area contributed by atoms with Crippen LogP contribution in [0.1, 0.15) is 5.56 Å². The molecule has 0 unspecified atom stereocenters. The van der Waals surface area contributed by atoms with Crippen molar-refractivity contribution in [2.24, 2.45) is 0 Å². The number of allylic oxidation sites excluding steroid dienone is 7. The van der Waals surface area contributed by atoms with E-state index >= 15 is 0 Å². The zero-order valence-corrected chi connectivity index (χ0v) is 9.27. The molecule has 0 spiro atoms. The van der Waals surface area contributed by atoms with E-state index in [9.17, 15) is 19.0 Å². The van der Waals surface area contributed by atoms with Crippen molar-refractivity contribution in [3.8, 4) is 5.75 Å². The molecule has 0 aliphatic heterocycles. The summed E-state index contributed by atoms with van der Waals surface area (Å²) in [7, 11) is 0. The molecule has 0 fully saturated rings. The molecule has 1 aromatic rings. The Morgan fingerprint density at radius 3 is 2.44 bits per heavy atom. The van der Waals surface area contributed by atoms with E-state index in [0.29, 0.717) is 6.07 Å². The second-order valence-electron chi connectivity index (χ2n) is 3.72. The van der Waals surface area contributed by atoms with Gasteiger partial charge in [-0.15, -0.1) is 0 Å². The zero-order valence-electron chi connectivity index (χ0n) is 9.27. The molecule has 0 saturated carbocycles. The van der Waals surface area contributed by atoms with Crippen LogP contribution in [-0.4, -0.2) is 10.2 Å². The number of aliphatic hydroxyl groups is 1. The second kappa shape index (κ2) is 4.87. The smallest absolute Gasteiger partial charge is 0.168 e. The first-order chi connectivity index (χ1) is 8.58. The molecule has 4 heteroatoms. The van der Waals surface area contributed by atoms with Gasteiger partial charge in [-0.05, 0) is 17.7 Å². The Labute approximate surface area is 103 Å². The summed E-state index contributed by atoms with van der Waals surface area (Å²) in [5.74, 6) is -3.17. The summed E-state index contributed by atoms with van der Waals surface area (Å²) < 4.78 is 26.1. The molecule has 2 rings (SSSR count). The quantitative estimate of drug-likeness (QED) is 0.785. The van der Waals surface area contributed by atoms with Gasteiger partial charge in [-0.1, -0.05) is 30.4 Å². The van der Waals surface area contributed by atoms with E-state index in [1.54, 1.807) is 18.2 Å². The predicted molar refractivity (Wildman–Crippen MR) is 65.0 cm³/mol. The van der Waals surface area contributed by atoms with Crippen molar-refractivity contribution >= 4 is 5.76 Å². The molecule has 0 bridgehead atoms. The highest BCUT2D eigenvalue weighted by molar-refractivity contribution is 5.66. The fourth-order valence-electron chi connectivity index (χ4n) is 1.53. The second-order valence-corrected chi connectivity index (χ2v) is 3.72. The summed E-state index contributed by atoms with van der Waals surface area (Å²) in [6.07, 6.45) is 10.1. The molecule has 1 aliphatic rings. The van der Waals surface area contributed by atoms with Crippen LogP contribution in [0.4, 0.5) is 8.78 Å². The SMILES string of the molecule is OC(=CC=C1C=CC=C1)c1cc(F)cc(F)c1O. The van der Waals surface area contributed by atoms with E-state index in [-0.39, 0.29) is 5.56 Å². The molecule has 2 nitrogen and oxygen atoms in total. The molecule has 0 radical (unpaired) electrons. The van der Waals surface area contributed by atoms with Crippen molar-refractivity contribution in [3.63, 3.8) is 0 Å². The van der Waals surface area contributed by atoms with E-state index in [4.69, 9.17) is 0 Å². The van der Waals surface area contributed by atoms with E-state index in [0.717, 1.165) is 11.6 Å². The van der Waals surface area contributed by atoms with Crippen LogP contribution >= 0.6 is 0 Å². The number of phenols is 1. The molecular weight excluding hydrogens is 238 g/mol. The summed E-state index contributed by atoms with van der Waals surface area (Å²) in [4.78, 5) is 0. The van der Waals surface area contributed by atoms with Crippen LogP contribution in [0, 0.1) is 11.6 Å². The highest BCUT2D eigenvalue weighted by Gasteiger charge is 2.12. The average molecular weight is 248 g/mol. The summed E-state index contributed by atoms with van der Waals surface area (Å²) in [6.45, 7) is 0. The van der Waals surface area contributed by atoms with Gasteiger partial charge in [-0.25, -0.2) is 8.78 Å². The summed E-state index contributed by atoms with van der Waals surface area (Å²) in [6, 6.07) is 1.41. The lowest BCUT2D eigenvalue weighted by Gasteiger charge is -2.04. The van der Waals surface area contributed by atoms with Crippen molar-refractivity contribution < 1.29 is 19.0 Å². The molecule has 0 aromatic heterocycles. The van der Waals surface area contributed by atoms with Gasteiger partial charge >= 0.3 is 0 Å². The normalized spacial score (nSPS) is 14.3. The third-order valence-corrected chi connectivity index (χ3v) is 2.43. The first-order valence-electron chi connectivity index (χ1n) is 5.22. The fraction of sp³-hybridized carbons (Fsp3) is 0. The first-order valence-corrected chi connectivity index (χ1v) is 5.22. The number of halogens is 2. The lowest BCUT2D eigenvalue weighted by molar-refractivity contribution is 0.418. The summed E-state index contributed by atoms with van der Waals surface area (Å²) in [5.41, 5.74) is 0.549. The third-order valence-electron chi connectivity index (χ3n) is 2.43. The van der Waals surface area contributed by atoms with Crippen molar-refractivity contribution in [3.05, 3.63) is 71.4 Å². The molecule has 1 aliphatic carbocycles. The molecule has 0 heterocycles. The Kier molecular flexibility index (Phi) is 3.28. The van der Waals surface area contributed by atoms with Crippen LogP contribution in [0.5, 0.6) is 5.75 Å². The minimum absolute atomic E-state index is 0.282.